The first-order valence-corrected chi connectivity index (χ1v) is 6.72. The fourth-order valence-electron chi connectivity index (χ4n) is 2.01. The van der Waals surface area contributed by atoms with Crippen LogP contribution in [0.2, 0.25) is 0 Å². The number of fused-ring (bicyclic) bond motifs is 1. The number of nitrogens with zero attached hydrogens (tertiary/aromatic N) is 1. The van der Waals surface area contributed by atoms with Gasteiger partial charge in [-0.2, -0.15) is 0 Å². The number of hydrogen-bond donors (Lipinski definition) is 3. The zero-order valence-electron chi connectivity index (χ0n) is 12.1. The van der Waals surface area contributed by atoms with Crippen molar-refractivity contribution >= 4 is 28.4 Å². The Morgan fingerprint density at radius 2 is 1.86 bits per heavy atom. The van der Waals surface area contributed by atoms with Gasteiger partial charge in [0, 0.05) is 32.4 Å². The van der Waals surface area contributed by atoms with Crippen molar-refractivity contribution in [2.24, 2.45) is 0 Å². The number of aromatic nitrogens is 1. The Hall–Kier alpha value is -2.63. The van der Waals surface area contributed by atoms with Gasteiger partial charge in [-0.25, -0.2) is 4.98 Å². The molecule has 0 aliphatic carbocycles. The summed E-state index contributed by atoms with van der Waals surface area (Å²) in [4.78, 5) is 27.2. The minimum Gasteiger partial charge on any atom is -0.373 e. The zero-order valence-corrected chi connectivity index (χ0v) is 12.1. The minimum absolute atomic E-state index is 0.120. The van der Waals surface area contributed by atoms with Gasteiger partial charge in [0.05, 0.1) is 0 Å². The minimum atomic E-state index is -0.261. The number of carbonyl (C=O) groups excluding carboxylic acids is 2. The molecule has 0 radical (unpaired) electrons. The summed E-state index contributed by atoms with van der Waals surface area (Å²) >= 11 is 0. The molecule has 0 aliphatic rings. The Balaban J connectivity index is 2.14. The van der Waals surface area contributed by atoms with Crippen LogP contribution in [0.4, 0.5) is 5.82 Å². The van der Waals surface area contributed by atoms with Crippen LogP contribution in [0.1, 0.15) is 17.4 Å². The van der Waals surface area contributed by atoms with Gasteiger partial charge in [-0.05, 0) is 11.5 Å². The SMILES string of the molecule is CNc1nc(C(=O)NCCNC(C)=O)cc2ccccc12. The summed E-state index contributed by atoms with van der Waals surface area (Å²) < 4.78 is 0. The highest BCUT2D eigenvalue weighted by Gasteiger charge is 2.10. The Labute approximate surface area is 122 Å². The predicted molar refractivity (Wildman–Crippen MR) is 82.3 cm³/mol. The first-order valence-electron chi connectivity index (χ1n) is 6.72. The molecule has 3 N–H and O–H groups in total. The van der Waals surface area contributed by atoms with E-state index in [2.05, 4.69) is 20.9 Å². The molecule has 2 rings (SSSR count). The third-order valence-electron chi connectivity index (χ3n) is 2.99. The van der Waals surface area contributed by atoms with Crippen LogP contribution in [-0.4, -0.2) is 36.9 Å². The molecule has 1 aromatic carbocycles. The van der Waals surface area contributed by atoms with Gasteiger partial charge in [0.2, 0.25) is 5.91 Å². The lowest BCUT2D eigenvalue weighted by Gasteiger charge is -2.09. The van der Waals surface area contributed by atoms with Crippen molar-refractivity contribution in [1.29, 1.82) is 0 Å². The highest BCUT2D eigenvalue weighted by Crippen LogP contribution is 2.21. The molecule has 0 saturated heterocycles. The standard InChI is InChI=1S/C15H18N4O2/c1-10(20)17-7-8-18-15(21)13-9-11-5-3-4-6-12(11)14(16-2)19-13/h3-6,9H,7-8H2,1-2H3,(H,16,19)(H,17,20)(H,18,21). The lowest BCUT2D eigenvalue weighted by Crippen LogP contribution is -2.34. The predicted octanol–water partition coefficient (Wildman–Crippen LogP) is 1.14. The van der Waals surface area contributed by atoms with Gasteiger partial charge in [0.1, 0.15) is 11.5 Å². The Kier molecular flexibility index (Phi) is 4.71. The largest absolute Gasteiger partial charge is 0.373 e. The number of amides is 2. The fourth-order valence-corrected chi connectivity index (χ4v) is 2.01. The van der Waals surface area contributed by atoms with Crippen LogP contribution in [0, 0.1) is 0 Å². The van der Waals surface area contributed by atoms with Crippen LogP contribution >= 0.6 is 0 Å². The first kappa shape index (κ1) is 14.8. The smallest absolute Gasteiger partial charge is 0.270 e. The van der Waals surface area contributed by atoms with E-state index in [9.17, 15) is 9.59 Å². The summed E-state index contributed by atoms with van der Waals surface area (Å²) in [6.07, 6.45) is 0. The van der Waals surface area contributed by atoms with Crippen molar-refractivity contribution in [3.63, 3.8) is 0 Å². The summed E-state index contributed by atoms with van der Waals surface area (Å²) in [7, 11) is 1.77. The van der Waals surface area contributed by atoms with E-state index in [0.29, 0.717) is 24.6 Å². The molecule has 21 heavy (non-hydrogen) atoms. The van der Waals surface area contributed by atoms with E-state index in [0.717, 1.165) is 10.8 Å². The van der Waals surface area contributed by atoms with E-state index in [-0.39, 0.29) is 11.8 Å². The maximum Gasteiger partial charge on any atom is 0.270 e. The van der Waals surface area contributed by atoms with Crippen molar-refractivity contribution in [1.82, 2.24) is 15.6 Å². The van der Waals surface area contributed by atoms with Crippen LogP contribution < -0.4 is 16.0 Å². The lowest BCUT2D eigenvalue weighted by molar-refractivity contribution is -0.118. The quantitative estimate of drug-likeness (QED) is 0.720. The van der Waals surface area contributed by atoms with Crippen LogP contribution in [0.3, 0.4) is 0 Å². The second-order valence-corrected chi connectivity index (χ2v) is 4.57. The maximum absolute atomic E-state index is 12.1. The summed E-state index contributed by atoms with van der Waals surface area (Å²) in [5, 5.41) is 10.3. The second-order valence-electron chi connectivity index (χ2n) is 4.57. The van der Waals surface area contributed by atoms with Crippen molar-refractivity contribution in [2.75, 3.05) is 25.5 Å². The molecule has 110 valence electrons. The van der Waals surface area contributed by atoms with Crippen molar-refractivity contribution < 1.29 is 9.59 Å². The molecule has 0 atom stereocenters. The molecule has 6 nitrogen and oxygen atoms in total. The molecule has 2 aromatic rings. The number of benzene rings is 1. The van der Waals surface area contributed by atoms with E-state index < -0.39 is 0 Å². The third kappa shape index (κ3) is 3.68. The highest BCUT2D eigenvalue weighted by molar-refractivity contribution is 6.00. The second kappa shape index (κ2) is 6.69. The molecule has 1 heterocycles. The van der Waals surface area contributed by atoms with Gasteiger partial charge in [0.25, 0.3) is 5.91 Å². The summed E-state index contributed by atoms with van der Waals surface area (Å²) in [5.41, 5.74) is 0.348. The van der Waals surface area contributed by atoms with E-state index in [4.69, 9.17) is 0 Å². The van der Waals surface area contributed by atoms with Crippen molar-refractivity contribution in [2.45, 2.75) is 6.92 Å². The molecule has 0 aliphatic heterocycles. The molecule has 0 fully saturated rings. The number of hydrogen-bond acceptors (Lipinski definition) is 4. The average Bonchev–Trinajstić information content (AvgIpc) is 2.50. The molecule has 0 spiro atoms. The molecule has 1 aromatic heterocycles. The van der Waals surface area contributed by atoms with Crippen LogP contribution in [0.5, 0.6) is 0 Å². The van der Waals surface area contributed by atoms with Gasteiger partial charge in [-0.1, -0.05) is 24.3 Å². The Morgan fingerprint density at radius 1 is 1.14 bits per heavy atom. The summed E-state index contributed by atoms with van der Waals surface area (Å²) in [6.45, 7) is 2.20. The van der Waals surface area contributed by atoms with Gasteiger partial charge in [-0.3, -0.25) is 9.59 Å². The summed E-state index contributed by atoms with van der Waals surface area (Å²) in [6, 6.07) is 9.49. The molecule has 6 heteroatoms. The van der Waals surface area contributed by atoms with Crippen LogP contribution in [0.15, 0.2) is 30.3 Å². The summed E-state index contributed by atoms with van der Waals surface area (Å²) in [5.74, 6) is 0.285. The zero-order chi connectivity index (χ0) is 15.2. The van der Waals surface area contributed by atoms with Gasteiger partial charge >= 0.3 is 0 Å². The van der Waals surface area contributed by atoms with E-state index >= 15 is 0 Å². The first-order chi connectivity index (χ1) is 10.1. The fraction of sp³-hybridized carbons (Fsp3) is 0.267. The number of pyridine rings is 1. The van der Waals surface area contributed by atoms with E-state index in [1.807, 2.05) is 24.3 Å². The number of nitrogens with one attached hydrogen (secondary N) is 3. The van der Waals surface area contributed by atoms with Gasteiger partial charge in [-0.15, -0.1) is 0 Å². The Morgan fingerprint density at radius 3 is 2.57 bits per heavy atom. The lowest BCUT2D eigenvalue weighted by atomic mass is 10.1. The molecule has 0 saturated carbocycles. The van der Waals surface area contributed by atoms with Crippen LogP contribution in [0.25, 0.3) is 10.8 Å². The van der Waals surface area contributed by atoms with Gasteiger partial charge in [0.15, 0.2) is 0 Å². The van der Waals surface area contributed by atoms with Gasteiger partial charge < -0.3 is 16.0 Å². The number of rotatable bonds is 5. The monoisotopic (exact) mass is 286 g/mol. The maximum atomic E-state index is 12.1. The third-order valence-corrected chi connectivity index (χ3v) is 2.99. The van der Waals surface area contributed by atoms with Crippen molar-refractivity contribution in [3.05, 3.63) is 36.0 Å². The normalized spacial score (nSPS) is 10.2. The topological polar surface area (TPSA) is 83.1 Å². The number of carbonyl (C=O) groups is 2. The molecule has 2 amide bonds. The molecule has 0 unspecified atom stereocenters. The Bertz CT molecular complexity index is 670. The van der Waals surface area contributed by atoms with E-state index in [1.54, 1.807) is 13.1 Å². The average molecular weight is 286 g/mol. The van der Waals surface area contributed by atoms with Crippen molar-refractivity contribution in [3.8, 4) is 0 Å². The van der Waals surface area contributed by atoms with E-state index in [1.165, 1.54) is 6.92 Å². The molecular formula is C15H18N4O2. The molecule has 0 bridgehead atoms. The van der Waals surface area contributed by atoms with Crippen LogP contribution in [-0.2, 0) is 4.79 Å². The highest BCUT2D eigenvalue weighted by atomic mass is 16.2. The number of anilines is 1. The molecular weight excluding hydrogens is 268 g/mol.